The monoisotopic (exact) mass is 367 g/mol. The minimum atomic E-state index is -0.284. The number of rotatable bonds is 7. The lowest BCUT2D eigenvalue weighted by molar-refractivity contribution is -0.114. The largest absolute Gasteiger partial charge is 0.342 e. The fourth-order valence-corrected chi connectivity index (χ4v) is 2.56. The number of anilines is 2. The second kappa shape index (κ2) is 9.52. The van der Waals surface area contributed by atoms with E-state index in [1.165, 1.54) is 6.92 Å². The summed E-state index contributed by atoms with van der Waals surface area (Å²) in [6.45, 7) is 4.22. The molecule has 0 atom stereocenters. The highest BCUT2D eigenvalue weighted by molar-refractivity contribution is 6.05. The van der Waals surface area contributed by atoms with Crippen molar-refractivity contribution in [2.45, 2.75) is 26.7 Å². The van der Waals surface area contributed by atoms with Crippen LogP contribution in [0.4, 0.5) is 11.4 Å². The molecule has 0 aliphatic carbocycles. The summed E-state index contributed by atoms with van der Waals surface area (Å²) in [6.07, 6.45) is 1.99. The van der Waals surface area contributed by atoms with E-state index in [4.69, 9.17) is 0 Å². The average Bonchev–Trinajstić information content (AvgIpc) is 2.65. The Bertz CT molecular complexity index is 816. The summed E-state index contributed by atoms with van der Waals surface area (Å²) in [5.41, 5.74) is 2.19. The van der Waals surface area contributed by atoms with Gasteiger partial charge in [-0.15, -0.1) is 0 Å². The summed E-state index contributed by atoms with van der Waals surface area (Å²) in [6, 6.07) is 13.5. The lowest BCUT2D eigenvalue weighted by atomic mass is 10.1. The molecule has 0 heterocycles. The van der Waals surface area contributed by atoms with Crippen molar-refractivity contribution in [3.8, 4) is 0 Å². The molecule has 2 aromatic rings. The molecule has 0 radical (unpaired) electrons. The molecule has 2 rings (SSSR count). The maximum Gasteiger partial charge on any atom is 0.255 e. The predicted molar refractivity (Wildman–Crippen MR) is 107 cm³/mol. The van der Waals surface area contributed by atoms with E-state index in [0.29, 0.717) is 29.0 Å². The van der Waals surface area contributed by atoms with Crippen molar-refractivity contribution >= 4 is 29.1 Å². The van der Waals surface area contributed by atoms with Crippen LogP contribution in [0.1, 0.15) is 47.4 Å². The van der Waals surface area contributed by atoms with Gasteiger partial charge in [-0.1, -0.05) is 19.4 Å². The summed E-state index contributed by atoms with van der Waals surface area (Å²) in [5, 5.41) is 5.46. The third kappa shape index (κ3) is 5.95. The Morgan fingerprint density at radius 3 is 2.11 bits per heavy atom. The van der Waals surface area contributed by atoms with Crippen LogP contribution in [-0.4, -0.2) is 36.2 Å². The van der Waals surface area contributed by atoms with Gasteiger partial charge >= 0.3 is 0 Å². The van der Waals surface area contributed by atoms with Crippen molar-refractivity contribution in [3.63, 3.8) is 0 Å². The SMILES string of the molecule is CCCCN(C)C(=O)c1ccc(C(=O)Nc2cccc(NC(C)=O)c2)cc1. The molecule has 0 saturated carbocycles. The Kier molecular flexibility index (Phi) is 7.11. The maximum atomic E-state index is 12.4. The molecule has 6 nitrogen and oxygen atoms in total. The van der Waals surface area contributed by atoms with Crippen LogP contribution >= 0.6 is 0 Å². The van der Waals surface area contributed by atoms with Crippen molar-refractivity contribution in [2.75, 3.05) is 24.2 Å². The standard InChI is InChI=1S/C21H25N3O3/c1-4-5-13-24(3)21(27)17-11-9-16(10-12-17)20(26)23-19-8-6-7-18(14-19)22-15(2)25/h6-12,14H,4-5,13H2,1-3H3,(H,22,25)(H,23,26). The van der Waals surface area contributed by atoms with Crippen molar-refractivity contribution in [1.29, 1.82) is 0 Å². The number of nitrogens with one attached hydrogen (secondary N) is 2. The molecule has 0 aromatic heterocycles. The molecule has 2 aromatic carbocycles. The van der Waals surface area contributed by atoms with E-state index in [9.17, 15) is 14.4 Å². The van der Waals surface area contributed by atoms with Gasteiger partial charge in [0.15, 0.2) is 0 Å². The number of benzene rings is 2. The molecule has 2 N–H and O–H groups in total. The van der Waals surface area contributed by atoms with Crippen LogP contribution in [-0.2, 0) is 4.79 Å². The number of amides is 3. The Morgan fingerprint density at radius 1 is 0.926 bits per heavy atom. The van der Waals surface area contributed by atoms with Crippen LogP contribution in [0.3, 0.4) is 0 Å². The summed E-state index contributed by atoms with van der Waals surface area (Å²) in [4.78, 5) is 37.6. The molecule has 0 saturated heterocycles. The summed E-state index contributed by atoms with van der Waals surface area (Å²) in [7, 11) is 1.78. The van der Waals surface area contributed by atoms with Gasteiger partial charge in [-0.3, -0.25) is 14.4 Å². The molecule has 0 aliphatic rings. The third-order valence-electron chi connectivity index (χ3n) is 4.03. The lowest BCUT2D eigenvalue weighted by Gasteiger charge is -2.16. The molecule has 0 aliphatic heterocycles. The predicted octanol–water partition coefficient (Wildman–Crippen LogP) is 3.77. The number of hydrogen-bond acceptors (Lipinski definition) is 3. The van der Waals surface area contributed by atoms with E-state index < -0.39 is 0 Å². The van der Waals surface area contributed by atoms with Crippen LogP contribution < -0.4 is 10.6 Å². The molecule has 0 bridgehead atoms. The smallest absolute Gasteiger partial charge is 0.255 e. The second-order valence-electron chi connectivity index (χ2n) is 6.37. The molecule has 6 heteroatoms. The van der Waals surface area contributed by atoms with Crippen LogP contribution in [0.25, 0.3) is 0 Å². The van der Waals surface area contributed by atoms with Gasteiger partial charge in [0.25, 0.3) is 11.8 Å². The first-order chi connectivity index (χ1) is 12.9. The molecule has 142 valence electrons. The molecule has 0 spiro atoms. The Hall–Kier alpha value is -3.15. The van der Waals surface area contributed by atoms with Crippen molar-refractivity contribution < 1.29 is 14.4 Å². The topological polar surface area (TPSA) is 78.5 Å². The van der Waals surface area contributed by atoms with Crippen molar-refractivity contribution in [3.05, 3.63) is 59.7 Å². The van der Waals surface area contributed by atoms with E-state index >= 15 is 0 Å². The van der Waals surface area contributed by atoms with E-state index in [0.717, 1.165) is 12.8 Å². The first-order valence-corrected chi connectivity index (χ1v) is 8.95. The zero-order valence-corrected chi connectivity index (χ0v) is 15.9. The van der Waals surface area contributed by atoms with Gasteiger partial charge in [0.05, 0.1) is 0 Å². The van der Waals surface area contributed by atoms with Gasteiger partial charge in [-0.2, -0.15) is 0 Å². The van der Waals surface area contributed by atoms with Crippen molar-refractivity contribution in [1.82, 2.24) is 4.90 Å². The zero-order valence-electron chi connectivity index (χ0n) is 15.9. The average molecular weight is 367 g/mol. The molecular weight excluding hydrogens is 342 g/mol. The molecular formula is C21H25N3O3. The Labute approximate surface area is 159 Å². The van der Waals surface area contributed by atoms with Crippen LogP contribution in [0, 0.1) is 0 Å². The quantitative estimate of drug-likeness (QED) is 0.782. The lowest BCUT2D eigenvalue weighted by Crippen LogP contribution is -2.27. The first-order valence-electron chi connectivity index (χ1n) is 8.95. The highest BCUT2D eigenvalue weighted by Crippen LogP contribution is 2.16. The van der Waals surface area contributed by atoms with Gasteiger partial charge in [-0.05, 0) is 48.9 Å². The minimum absolute atomic E-state index is 0.0570. The second-order valence-corrected chi connectivity index (χ2v) is 6.37. The fourth-order valence-electron chi connectivity index (χ4n) is 2.56. The van der Waals surface area contributed by atoms with Gasteiger partial charge in [0.2, 0.25) is 5.91 Å². The normalized spacial score (nSPS) is 10.2. The number of hydrogen-bond donors (Lipinski definition) is 2. The highest BCUT2D eigenvalue weighted by Gasteiger charge is 2.13. The number of carbonyl (C=O) groups excluding carboxylic acids is 3. The Morgan fingerprint density at radius 2 is 1.52 bits per heavy atom. The van der Waals surface area contributed by atoms with Gasteiger partial charge in [0, 0.05) is 43.0 Å². The van der Waals surface area contributed by atoms with Crippen LogP contribution in [0.2, 0.25) is 0 Å². The zero-order chi connectivity index (χ0) is 19.8. The number of nitrogens with zero attached hydrogens (tertiary/aromatic N) is 1. The summed E-state index contributed by atoms with van der Waals surface area (Å²) >= 11 is 0. The molecule has 0 unspecified atom stereocenters. The van der Waals surface area contributed by atoms with E-state index in [1.807, 2.05) is 0 Å². The van der Waals surface area contributed by atoms with Crippen LogP contribution in [0.5, 0.6) is 0 Å². The first kappa shape index (κ1) is 20.2. The number of carbonyl (C=O) groups is 3. The van der Waals surface area contributed by atoms with Gasteiger partial charge in [0.1, 0.15) is 0 Å². The highest BCUT2D eigenvalue weighted by atomic mass is 16.2. The van der Waals surface area contributed by atoms with Gasteiger partial charge in [-0.25, -0.2) is 0 Å². The molecule has 0 fully saturated rings. The summed E-state index contributed by atoms with van der Waals surface area (Å²) < 4.78 is 0. The van der Waals surface area contributed by atoms with E-state index in [1.54, 1.807) is 60.5 Å². The number of unbranched alkanes of at least 4 members (excludes halogenated alkanes) is 1. The van der Waals surface area contributed by atoms with Gasteiger partial charge < -0.3 is 15.5 Å². The fraction of sp³-hybridized carbons (Fsp3) is 0.286. The molecule has 3 amide bonds. The van der Waals surface area contributed by atoms with Crippen molar-refractivity contribution in [2.24, 2.45) is 0 Å². The summed E-state index contributed by atoms with van der Waals surface area (Å²) in [5.74, 6) is -0.519. The van der Waals surface area contributed by atoms with E-state index in [-0.39, 0.29) is 17.7 Å². The Balaban J connectivity index is 2.03. The van der Waals surface area contributed by atoms with Crippen LogP contribution in [0.15, 0.2) is 48.5 Å². The van der Waals surface area contributed by atoms with E-state index in [2.05, 4.69) is 17.6 Å². The minimum Gasteiger partial charge on any atom is -0.342 e. The molecule has 27 heavy (non-hydrogen) atoms. The third-order valence-corrected chi connectivity index (χ3v) is 4.03. The maximum absolute atomic E-state index is 12.4.